The van der Waals surface area contributed by atoms with Crippen LogP contribution in [-0.2, 0) is 0 Å². The Bertz CT molecular complexity index is 447. The first-order chi connectivity index (χ1) is 7.86. The van der Waals surface area contributed by atoms with Crippen molar-refractivity contribution in [1.29, 1.82) is 0 Å². The second-order valence-corrected chi connectivity index (χ2v) is 4.58. The van der Waals surface area contributed by atoms with Gasteiger partial charge in [0, 0.05) is 26.0 Å². The Morgan fingerprint density at radius 2 is 1.76 bits per heavy atom. The number of rotatable bonds is 3. The quantitative estimate of drug-likeness (QED) is 0.350. The summed E-state index contributed by atoms with van der Waals surface area (Å²) in [7, 11) is 1.82. The summed E-state index contributed by atoms with van der Waals surface area (Å²) >= 11 is 0. The summed E-state index contributed by atoms with van der Waals surface area (Å²) in [6, 6.07) is 7.87. The monoisotopic (exact) mass is 235 g/mol. The summed E-state index contributed by atoms with van der Waals surface area (Å²) < 4.78 is 1.80. The van der Waals surface area contributed by atoms with Crippen LogP contribution >= 0.6 is 0 Å². The van der Waals surface area contributed by atoms with E-state index >= 15 is 0 Å². The molecule has 5 heteroatoms. The maximum atomic E-state index is 11.2. The zero-order valence-corrected chi connectivity index (χ0v) is 10.5. The van der Waals surface area contributed by atoms with Crippen molar-refractivity contribution in [3.63, 3.8) is 0 Å². The molecule has 0 amide bonds. The fourth-order valence-electron chi connectivity index (χ4n) is 1.48. The Kier molecular flexibility index (Phi) is 3.83. The molecule has 0 fully saturated rings. The molecule has 0 unspecified atom stereocenters. The molecule has 0 N–H and O–H groups in total. The van der Waals surface area contributed by atoms with Crippen LogP contribution in [0.25, 0.3) is 0 Å². The van der Waals surface area contributed by atoms with Crippen LogP contribution in [0.15, 0.2) is 29.5 Å². The summed E-state index contributed by atoms with van der Waals surface area (Å²) in [5.41, 5.74) is 1.14. The molecule has 1 rings (SSSR count). The minimum Gasteiger partial charge on any atom is -0.739 e. The standard InChI is InChI=1S/C12H17N3O2/c1-10-5-7-11(8-6-10)14(4)9-12(2,3)15(17)13-16/h5-9H,1-4H3/b14-9?,15-13-. The van der Waals surface area contributed by atoms with E-state index in [2.05, 4.69) is 5.28 Å². The molecule has 0 aliphatic rings. The highest BCUT2D eigenvalue weighted by Gasteiger charge is 2.30. The smallest absolute Gasteiger partial charge is 0.268 e. The number of hydroxylamine groups is 1. The molecule has 0 heterocycles. The van der Waals surface area contributed by atoms with Gasteiger partial charge in [0.25, 0.3) is 5.54 Å². The molecule has 0 atom stereocenters. The van der Waals surface area contributed by atoms with E-state index in [1.807, 2.05) is 38.2 Å². The van der Waals surface area contributed by atoms with Crippen LogP contribution in [0.5, 0.6) is 0 Å². The number of hydrogen-bond acceptors (Lipinski definition) is 3. The van der Waals surface area contributed by atoms with Gasteiger partial charge in [0.05, 0.1) is 0 Å². The Balaban J connectivity index is 3.04. The van der Waals surface area contributed by atoms with Crippen molar-refractivity contribution in [3.05, 3.63) is 40.2 Å². The highest BCUT2D eigenvalue weighted by atomic mass is 16.6. The van der Waals surface area contributed by atoms with Gasteiger partial charge in [0.1, 0.15) is 7.05 Å². The minimum absolute atomic E-state index is 0.150. The third kappa shape index (κ3) is 3.27. The van der Waals surface area contributed by atoms with E-state index in [1.165, 1.54) is 5.56 Å². The number of aryl methyl sites for hydroxylation is 1. The van der Waals surface area contributed by atoms with Gasteiger partial charge < -0.3 is 10.4 Å². The molecule has 0 saturated heterocycles. The molecule has 0 spiro atoms. The molecule has 5 nitrogen and oxygen atoms in total. The average molecular weight is 235 g/mol. The largest absolute Gasteiger partial charge is 0.739 e. The van der Waals surface area contributed by atoms with E-state index in [9.17, 15) is 10.4 Å². The SMILES string of the molecule is Cc1ccc([N+](C)=CC(C)(C)/[N+]([O-])=N/[O-])cc1. The zero-order chi connectivity index (χ0) is 13.1. The van der Waals surface area contributed by atoms with Gasteiger partial charge in [0.2, 0.25) is 11.9 Å². The highest BCUT2D eigenvalue weighted by Crippen LogP contribution is 2.13. The van der Waals surface area contributed by atoms with Crippen LogP contribution < -0.4 is 0 Å². The van der Waals surface area contributed by atoms with Crippen molar-refractivity contribution in [3.8, 4) is 0 Å². The van der Waals surface area contributed by atoms with Gasteiger partial charge in [-0.25, -0.2) is 0 Å². The molecule has 0 aliphatic heterocycles. The van der Waals surface area contributed by atoms with Crippen LogP contribution in [0, 0.1) is 17.3 Å². The van der Waals surface area contributed by atoms with Crippen LogP contribution in [0.1, 0.15) is 19.4 Å². The van der Waals surface area contributed by atoms with E-state index < -0.39 is 5.54 Å². The summed E-state index contributed by atoms with van der Waals surface area (Å²) in [4.78, 5) is 0.150. The minimum atomic E-state index is -0.971. The van der Waals surface area contributed by atoms with E-state index in [1.54, 1.807) is 24.6 Å². The molecule has 0 saturated carbocycles. The summed E-state index contributed by atoms with van der Waals surface area (Å²) in [5.74, 6) is 0. The average Bonchev–Trinajstić information content (AvgIpc) is 2.28. The lowest BCUT2D eigenvalue weighted by Crippen LogP contribution is -2.35. The van der Waals surface area contributed by atoms with Crippen molar-refractivity contribution in [2.24, 2.45) is 5.28 Å². The molecule has 0 bridgehead atoms. The van der Waals surface area contributed by atoms with Crippen LogP contribution in [0.2, 0.25) is 0 Å². The molecule has 17 heavy (non-hydrogen) atoms. The van der Waals surface area contributed by atoms with E-state index in [0.717, 1.165) is 5.69 Å². The van der Waals surface area contributed by atoms with E-state index in [0.29, 0.717) is 0 Å². The predicted molar refractivity (Wildman–Crippen MR) is 66.6 cm³/mol. The van der Waals surface area contributed by atoms with Crippen LogP contribution in [0.4, 0.5) is 5.69 Å². The van der Waals surface area contributed by atoms with Crippen molar-refractivity contribution in [2.75, 3.05) is 7.05 Å². The molecule has 0 aliphatic carbocycles. The number of benzene rings is 1. The Morgan fingerprint density at radius 3 is 2.24 bits per heavy atom. The fraction of sp³-hybridized carbons (Fsp3) is 0.417. The summed E-state index contributed by atoms with van der Waals surface area (Å²) in [6.45, 7) is 5.27. The van der Waals surface area contributed by atoms with Gasteiger partial charge in [-0.15, -0.1) is 0 Å². The number of nitrogens with zero attached hydrogens (tertiary/aromatic N) is 3. The van der Waals surface area contributed by atoms with Crippen molar-refractivity contribution < 1.29 is 9.44 Å². The van der Waals surface area contributed by atoms with Crippen molar-refractivity contribution in [2.45, 2.75) is 26.3 Å². The third-order valence-electron chi connectivity index (χ3n) is 2.52. The first-order valence-corrected chi connectivity index (χ1v) is 5.33. The molecular weight excluding hydrogens is 218 g/mol. The van der Waals surface area contributed by atoms with Gasteiger partial charge in [0.15, 0.2) is 0 Å². The maximum Gasteiger partial charge on any atom is 0.268 e. The lowest BCUT2D eigenvalue weighted by molar-refractivity contribution is -0.586. The second kappa shape index (κ2) is 4.95. The Morgan fingerprint density at radius 1 is 1.24 bits per heavy atom. The molecular formula is C12H17N3O2. The highest BCUT2D eigenvalue weighted by molar-refractivity contribution is 5.63. The first-order valence-electron chi connectivity index (χ1n) is 5.33. The summed E-state index contributed by atoms with van der Waals surface area (Å²) in [5, 5.41) is 23.9. The normalized spacial score (nSPS) is 13.9. The molecule has 92 valence electrons. The predicted octanol–water partition coefficient (Wildman–Crippen LogP) is 2.58. The van der Waals surface area contributed by atoms with Gasteiger partial charge in [-0.05, 0) is 12.2 Å². The maximum absolute atomic E-state index is 11.2. The van der Waals surface area contributed by atoms with Gasteiger partial charge in [-0.2, -0.15) is 4.58 Å². The topological polar surface area (TPSA) is 64.5 Å². The van der Waals surface area contributed by atoms with Crippen LogP contribution in [0.3, 0.4) is 0 Å². The number of hydrogen-bond donors (Lipinski definition) is 0. The van der Waals surface area contributed by atoms with Gasteiger partial charge >= 0.3 is 0 Å². The summed E-state index contributed by atoms with van der Waals surface area (Å²) in [6.07, 6.45) is 1.66. The van der Waals surface area contributed by atoms with Gasteiger partial charge in [-0.1, -0.05) is 22.6 Å². The molecule has 0 radical (unpaired) electrons. The second-order valence-electron chi connectivity index (χ2n) is 4.58. The van der Waals surface area contributed by atoms with Crippen molar-refractivity contribution >= 4 is 11.9 Å². The first kappa shape index (κ1) is 13.2. The van der Waals surface area contributed by atoms with E-state index in [4.69, 9.17) is 0 Å². The fourth-order valence-corrected chi connectivity index (χ4v) is 1.48. The third-order valence-corrected chi connectivity index (χ3v) is 2.52. The Hall–Kier alpha value is -1.91. The van der Waals surface area contributed by atoms with E-state index in [-0.39, 0.29) is 4.86 Å². The molecule has 0 aromatic heterocycles. The van der Waals surface area contributed by atoms with Gasteiger partial charge in [-0.3, -0.25) is 0 Å². The molecule has 1 aromatic carbocycles. The lowest BCUT2D eigenvalue weighted by Gasteiger charge is -2.15. The zero-order valence-electron chi connectivity index (χ0n) is 10.5. The molecule has 1 aromatic rings. The van der Waals surface area contributed by atoms with Crippen molar-refractivity contribution in [1.82, 2.24) is 0 Å². The lowest BCUT2D eigenvalue weighted by atomic mass is 10.1. The Labute approximate surface area is 101 Å². The van der Waals surface area contributed by atoms with Crippen LogP contribution in [-0.4, -0.2) is 28.2 Å².